The van der Waals surface area contributed by atoms with Crippen LogP contribution in [-0.2, 0) is 22.7 Å². The summed E-state index contributed by atoms with van der Waals surface area (Å²) in [5.41, 5.74) is 1.09. The number of nitrogens with zero attached hydrogens (tertiary/aromatic N) is 3. The number of aliphatic imine (C=N–C) groups is 1. The van der Waals surface area contributed by atoms with E-state index in [0.717, 1.165) is 36.0 Å². The minimum atomic E-state index is -3.03. The van der Waals surface area contributed by atoms with E-state index in [4.69, 9.17) is 0 Å². The third kappa shape index (κ3) is 5.04. The monoisotopic (exact) mass is 486 g/mol. The molecule has 0 amide bonds. The van der Waals surface area contributed by atoms with E-state index in [1.807, 2.05) is 4.90 Å². The lowest BCUT2D eigenvalue weighted by atomic mass is 10.2. The fourth-order valence-corrected chi connectivity index (χ4v) is 4.73. The summed E-state index contributed by atoms with van der Waals surface area (Å²) in [7, 11) is -1.30. The zero-order chi connectivity index (χ0) is 17.1. The van der Waals surface area contributed by atoms with Crippen molar-refractivity contribution in [3.8, 4) is 0 Å². The van der Waals surface area contributed by atoms with Crippen LogP contribution in [0.15, 0.2) is 10.4 Å². The highest BCUT2D eigenvalue weighted by Gasteiger charge is 2.40. The zero-order valence-corrected chi connectivity index (χ0v) is 18.7. The maximum atomic E-state index is 12.1. The van der Waals surface area contributed by atoms with Gasteiger partial charge >= 0.3 is 0 Å². The number of rotatable bonds is 4. The van der Waals surface area contributed by atoms with Crippen LogP contribution in [0, 0.1) is 0 Å². The summed E-state index contributed by atoms with van der Waals surface area (Å²) in [5.74, 6) is 0.936. The molecule has 1 aliphatic rings. The van der Waals surface area contributed by atoms with Crippen LogP contribution < -0.4 is 5.32 Å². The molecule has 0 saturated carbocycles. The highest BCUT2D eigenvalue weighted by molar-refractivity contribution is 14.0. The van der Waals surface area contributed by atoms with Crippen molar-refractivity contribution >= 4 is 51.1 Å². The quantitative estimate of drug-likeness (QED) is 0.400. The Balaban J connectivity index is 0.00000288. The number of hydrogen-bond acceptors (Lipinski definition) is 5. The van der Waals surface area contributed by atoms with Gasteiger partial charge in [0, 0.05) is 38.5 Å². The molecule has 9 heteroatoms. The molecule has 0 bridgehead atoms. The Bertz CT molecular complexity index is 671. The van der Waals surface area contributed by atoms with E-state index in [9.17, 15) is 8.42 Å². The number of aromatic nitrogens is 1. The van der Waals surface area contributed by atoms with Crippen LogP contribution in [0.25, 0.3) is 0 Å². The smallest absolute Gasteiger partial charge is 0.193 e. The Labute approximate surface area is 166 Å². The van der Waals surface area contributed by atoms with Crippen molar-refractivity contribution in [2.75, 3.05) is 32.4 Å². The molecule has 0 unspecified atom stereocenters. The van der Waals surface area contributed by atoms with E-state index >= 15 is 0 Å². The number of nitrogens with one attached hydrogen (secondary N) is 1. The maximum Gasteiger partial charge on any atom is 0.193 e. The molecule has 0 aliphatic carbocycles. The van der Waals surface area contributed by atoms with Crippen molar-refractivity contribution in [2.24, 2.45) is 4.99 Å². The summed E-state index contributed by atoms with van der Waals surface area (Å²) >= 11 is 1.70. The Morgan fingerprint density at radius 3 is 2.75 bits per heavy atom. The average Bonchev–Trinajstić information content (AvgIpc) is 2.95. The second kappa shape index (κ2) is 8.79. The maximum absolute atomic E-state index is 12.1. The first kappa shape index (κ1) is 21.6. The molecule has 1 aliphatic heterocycles. The molecule has 2 heterocycles. The van der Waals surface area contributed by atoms with Crippen LogP contribution in [0.3, 0.4) is 0 Å². The zero-order valence-electron chi connectivity index (χ0n) is 14.7. The van der Waals surface area contributed by atoms with Crippen molar-refractivity contribution in [1.29, 1.82) is 0 Å². The van der Waals surface area contributed by atoms with Crippen molar-refractivity contribution in [1.82, 2.24) is 15.2 Å². The molecule has 2 rings (SSSR count). The topological polar surface area (TPSA) is 74.7 Å². The van der Waals surface area contributed by atoms with E-state index in [-0.39, 0.29) is 29.7 Å². The summed E-state index contributed by atoms with van der Waals surface area (Å²) in [4.78, 5) is 10.9. The van der Waals surface area contributed by atoms with Crippen molar-refractivity contribution < 1.29 is 8.42 Å². The summed E-state index contributed by atoms with van der Waals surface area (Å²) in [6, 6.07) is 0. The van der Waals surface area contributed by atoms with Crippen molar-refractivity contribution in [3.05, 3.63) is 16.1 Å². The standard InChI is InChI=1S/C15H26N4O2S2.HI/c1-5-13-18-12(10-22-13)6-7-17-14(16-4)19-8-9-23(20,21)15(2,3)11-19;/h10H,5-9,11H2,1-4H3,(H,16,17);1H. The van der Waals surface area contributed by atoms with Crippen molar-refractivity contribution in [2.45, 2.75) is 38.4 Å². The fourth-order valence-electron chi connectivity index (χ4n) is 2.59. The van der Waals surface area contributed by atoms with Crippen LogP contribution in [0.5, 0.6) is 0 Å². The largest absolute Gasteiger partial charge is 0.356 e. The number of thiazole rings is 1. The number of halogens is 1. The molecule has 1 saturated heterocycles. The summed E-state index contributed by atoms with van der Waals surface area (Å²) in [6.07, 6.45) is 1.81. The first-order valence-electron chi connectivity index (χ1n) is 7.90. The van der Waals surface area contributed by atoms with E-state index in [2.05, 4.69) is 27.6 Å². The molecule has 0 radical (unpaired) electrons. The molecule has 24 heavy (non-hydrogen) atoms. The Kier molecular flexibility index (Phi) is 7.92. The predicted molar refractivity (Wildman–Crippen MR) is 111 cm³/mol. The van der Waals surface area contributed by atoms with E-state index in [1.165, 1.54) is 0 Å². The lowest BCUT2D eigenvalue weighted by Gasteiger charge is -2.39. The second-order valence-electron chi connectivity index (χ2n) is 6.31. The molecular weight excluding hydrogens is 459 g/mol. The lowest BCUT2D eigenvalue weighted by Crippen LogP contribution is -2.57. The summed E-state index contributed by atoms with van der Waals surface area (Å²) in [5, 5.41) is 6.58. The van der Waals surface area contributed by atoms with Gasteiger partial charge in [0.15, 0.2) is 15.8 Å². The van der Waals surface area contributed by atoms with Crippen LogP contribution in [0.1, 0.15) is 31.5 Å². The van der Waals surface area contributed by atoms with Gasteiger partial charge in [0.05, 0.1) is 21.2 Å². The Morgan fingerprint density at radius 2 is 2.21 bits per heavy atom. The van der Waals surface area contributed by atoms with Gasteiger partial charge in [-0.25, -0.2) is 13.4 Å². The highest BCUT2D eigenvalue weighted by atomic mass is 127. The summed E-state index contributed by atoms with van der Waals surface area (Å²) < 4.78 is 23.4. The molecule has 6 nitrogen and oxygen atoms in total. The Morgan fingerprint density at radius 1 is 1.50 bits per heavy atom. The van der Waals surface area contributed by atoms with Gasteiger partial charge in [-0.3, -0.25) is 4.99 Å². The minimum absolute atomic E-state index is 0. The highest BCUT2D eigenvalue weighted by Crippen LogP contribution is 2.23. The van der Waals surface area contributed by atoms with Gasteiger partial charge < -0.3 is 10.2 Å². The molecule has 1 aromatic rings. The van der Waals surface area contributed by atoms with Crippen LogP contribution in [0.2, 0.25) is 0 Å². The van der Waals surface area contributed by atoms with Gasteiger partial charge in [0.1, 0.15) is 0 Å². The number of aryl methyl sites for hydroxylation is 1. The number of sulfone groups is 1. The van der Waals surface area contributed by atoms with Gasteiger partial charge in [0.25, 0.3) is 0 Å². The van der Waals surface area contributed by atoms with Crippen LogP contribution in [-0.4, -0.2) is 61.4 Å². The molecule has 0 aromatic carbocycles. The van der Waals surface area contributed by atoms with Crippen LogP contribution >= 0.6 is 35.3 Å². The van der Waals surface area contributed by atoms with Crippen molar-refractivity contribution in [3.63, 3.8) is 0 Å². The lowest BCUT2D eigenvalue weighted by molar-refractivity contribution is 0.353. The van der Waals surface area contributed by atoms with E-state index in [1.54, 1.807) is 32.2 Å². The van der Waals surface area contributed by atoms with E-state index in [0.29, 0.717) is 13.1 Å². The molecule has 0 spiro atoms. The van der Waals surface area contributed by atoms with Crippen LogP contribution in [0.4, 0.5) is 0 Å². The molecule has 138 valence electrons. The third-order valence-electron chi connectivity index (χ3n) is 4.12. The number of guanidine groups is 1. The SMILES string of the molecule is CCc1nc(CCNC(=NC)N2CCS(=O)(=O)C(C)(C)C2)cs1.I. The average molecular weight is 486 g/mol. The number of hydrogen-bond donors (Lipinski definition) is 1. The third-order valence-corrected chi connectivity index (χ3v) is 7.70. The van der Waals surface area contributed by atoms with Gasteiger partial charge in [-0.2, -0.15) is 0 Å². The van der Waals surface area contributed by atoms with Gasteiger partial charge in [-0.05, 0) is 20.3 Å². The fraction of sp³-hybridized carbons (Fsp3) is 0.733. The first-order valence-corrected chi connectivity index (χ1v) is 10.4. The second-order valence-corrected chi connectivity index (χ2v) is 10.00. The van der Waals surface area contributed by atoms with Gasteiger partial charge in [-0.1, -0.05) is 6.92 Å². The Hall–Kier alpha value is -0.420. The predicted octanol–water partition coefficient (Wildman–Crippen LogP) is 1.95. The molecule has 1 aromatic heterocycles. The van der Waals surface area contributed by atoms with Gasteiger partial charge in [-0.15, -0.1) is 35.3 Å². The molecule has 1 N–H and O–H groups in total. The summed E-state index contributed by atoms with van der Waals surface area (Å²) in [6.45, 7) is 7.36. The normalized spacial score (nSPS) is 19.7. The molecule has 0 atom stereocenters. The molecule has 1 fully saturated rings. The molecular formula is C15H27IN4O2S2. The minimum Gasteiger partial charge on any atom is -0.356 e. The first-order chi connectivity index (χ1) is 10.8. The van der Waals surface area contributed by atoms with E-state index < -0.39 is 14.6 Å². The van der Waals surface area contributed by atoms with Gasteiger partial charge in [0.2, 0.25) is 0 Å².